The smallest absolute Gasteiger partial charge is 0.273 e. The molecule has 2 aromatic heterocycles. The second-order valence-electron chi connectivity index (χ2n) is 4.30. The maximum atomic E-state index is 12.0. The van der Waals surface area contributed by atoms with Gasteiger partial charge in [-0.2, -0.15) is 9.61 Å². The molecule has 1 amide bonds. The molecule has 3 rings (SSSR count). The second-order valence-corrected chi connectivity index (χ2v) is 5.24. The minimum Gasteiger partial charge on any atom is -0.497 e. The van der Waals surface area contributed by atoms with E-state index in [9.17, 15) is 4.79 Å². The standard InChI is InChI=1S/C12H13N7O2S/c1-21-9-4-2-3-8(5-9)15-10(20)6-22-12-17-16-11-18(13)7-14-19(11)12/h2-5,7H,6,13H2,1H3,(H,15,20). The summed E-state index contributed by atoms with van der Waals surface area (Å²) in [7, 11) is 1.57. The van der Waals surface area contributed by atoms with E-state index in [1.807, 2.05) is 0 Å². The molecule has 0 atom stereocenters. The zero-order valence-electron chi connectivity index (χ0n) is 11.6. The van der Waals surface area contributed by atoms with Gasteiger partial charge in [-0.15, -0.1) is 10.2 Å². The number of carbonyl (C=O) groups excluding carboxylic acids is 1. The van der Waals surface area contributed by atoms with Crippen LogP contribution in [-0.2, 0) is 4.79 Å². The third-order valence-electron chi connectivity index (χ3n) is 2.80. The maximum absolute atomic E-state index is 12.0. The molecule has 0 fully saturated rings. The van der Waals surface area contributed by atoms with Crippen molar-refractivity contribution < 1.29 is 9.53 Å². The minimum atomic E-state index is -0.165. The molecule has 0 bridgehead atoms. The van der Waals surface area contributed by atoms with E-state index >= 15 is 0 Å². The van der Waals surface area contributed by atoms with Crippen molar-refractivity contribution in [1.29, 1.82) is 0 Å². The van der Waals surface area contributed by atoms with E-state index in [-0.39, 0.29) is 11.7 Å². The van der Waals surface area contributed by atoms with Gasteiger partial charge in [0.15, 0.2) is 0 Å². The molecule has 0 saturated carbocycles. The van der Waals surface area contributed by atoms with E-state index in [1.54, 1.807) is 31.4 Å². The molecule has 114 valence electrons. The number of nitrogen functional groups attached to an aromatic ring is 1. The topological polar surface area (TPSA) is 112 Å². The fourth-order valence-corrected chi connectivity index (χ4v) is 2.48. The van der Waals surface area contributed by atoms with Gasteiger partial charge in [0, 0.05) is 11.8 Å². The van der Waals surface area contributed by atoms with E-state index in [0.717, 1.165) is 0 Å². The first-order valence-electron chi connectivity index (χ1n) is 6.28. The first-order chi connectivity index (χ1) is 10.7. The van der Waals surface area contributed by atoms with Crippen LogP contribution in [0.1, 0.15) is 0 Å². The highest BCUT2D eigenvalue weighted by molar-refractivity contribution is 7.99. The van der Waals surface area contributed by atoms with Crippen molar-refractivity contribution in [2.45, 2.75) is 5.16 Å². The summed E-state index contributed by atoms with van der Waals surface area (Å²) in [5, 5.41) is 15.1. The largest absolute Gasteiger partial charge is 0.497 e. The van der Waals surface area contributed by atoms with Gasteiger partial charge in [-0.1, -0.05) is 17.8 Å². The molecule has 1 aromatic carbocycles. The van der Waals surface area contributed by atoms with E-state index in [4.69, 9.17) is 10.6 Å². The van der Waals surface area contributed by atoms with Crippen LogP contribution in [0.15, 0.2) is 35.7 Å². The molecule has 0 saturated heterocycles. The third kappa shape index (κ3) is 2.81. The molecule has 3 aromatic rings. The summed E-state index contributed by atoms with van der Waals surface area (Å²) in [5.74, 6) is 6.71. The number of nitrogens with two attached hydrogens (primary N) is 1. The number of aromatic nitrogens is 5. The van der Waals surface area contributed by atoms with Gasteiger partial charge in [0.2, 0.25) is 11.1 Å². The molecule has 9 nitrogen and oxygen atoms in total. The van der Waals surface area contributed by atoms with Crippen LogP contribution in [0.4, 0.5) is 5.69 Å². The quantitative estimate of drug-likeness (QED) is 0.516. The zero-order valence-corrected chi connectivity index (χ0v) is 12.4. The normalized spacial score (nSPS) is 10.8. The monoisotopic (exact) mass is 319 g/mol. The number of ether oxygens (including phenoxy) is 1. The molecular formula is C12H13N7O2S. The van der Waals surface area contributed by atoms with Crippen molar-refractivity contribution in [3.63, 3.8) is 0 Å². The first kappa shape index (κ1) is 14.2. The number of nitrogens with zero attached hydrogens (tertiary/aromatic N) is 5. The summed E-state index contributed by atoms with van der Waals surface area (Å²) in [5.41, 5.74) is 0.669. The summed E-state index contributed by atoms with van der Waals surface area (Å²) < 4.78 is 7.84. The Labute approximate surface area is 129 Å². The van der Waals surface area contributed by atoms with E-state index in [0.29, 0.717) is 22.4 Å². The Morgan fingerprint density at radius 2 is 2.32 bits per heavy atom. The molecule has 10 heteroatoms. The lowest BCUT2D eigenvalue weighted by molar-refractivity contribution is -0.113. The Bertz CT molecular complexity index is 813. The average molecular weight is 319 g/mol. The predicted molar refractivity (Wildman–Crippen MR) is 81.3 cm³/mol. The molecule has 0 radical (unpaired) electrons. The van der Waals surface area contributed by atoms with E-state index in [1.165, 1.54) is 27.3 Å². The van der Waals surface area contributed by atoms with Crippen LogP contribution in [0, 0.1) is 0 Å². The number of amides is 1. The molecule has 22 heavy (non-hydrogen) atoms. The Morgan fingerprint density at radius 3 is 3.14 bits per heavy atom. The number of thioether (sulfide) groups is 1. The zero-order chi connectivity index (χ0) is 15.5. The van der Waals surface area contributed by atoms with E-state index < -0.39 is 0 Å². The summed E-state index contributed by atoms with van der Waals surface area (Å²) in [4.78, 5) is 12.0. The highest BCUT2D eigenvalue weighted by Gasteiger charge is 2.12. The Hall–Kier alpha value is -2.75. The van der Waals surface area contributed by atoms with Gasteiger partial charge in [0.05, 0.1) is 12.9 Å². The van der Waals surface area contributed by atoms with Crippen LogP contribution in [0.5, 0.6) is 5.75 Å². The number of hydrogen-bond donors (Lipinski definition) is 2. The molecule has 0 aliphatic carbocycles. The van der Waals surface area contributed by atoms with Crippen molar-refractivity contribution >= 4 is 29.1 Å². The number of anilines is 1. The molecule has 0 unspecified atom stereocenters. The van der Waals surface area contributed by atoms with Crippen LogP contribution in [0.3, 0.4) is 0 Å². The van der Waals surface area contributed by atoms with Gasteiger partial charge in [0.1, 0.15) is 12.1 Å². The second kappa shape index (κ2) is 5.93. The first-order valence-corrected chi connectivity index (χ1v) is 7.26. The lowest BCUT2D eigenvalue weighted by Crippen LogP contribution is -2.14. The Balaban J connectivity index is 1.62. The molecule has 0 aliphatic heterocycles. The highest BCUT2D eigenvalue weighted by Crippen LogP contribution is 2.19. The summed E-state index contributed by atoms with van der Waals surface area (Å²) in [6.45, 7) is 0. The number of carbonyl (C=O) groups is 1. The number of fused-ring (bicyclic) bond motifs is 1. The Kier molecular flexibility index (Phi) is 3.83. The van der Waals surface area contributed by atoms with Crippen molar-refractivity contribution in [1.82, 2.24) is 24.5 Å². The maximum Gasteiger partial charge on any atom is 0.273 e. The van der Waals surface area contributed by atoms with Crippen LogP contribution >= 0.6 is 11.8 Å². The lowest BCUT2D eigenvalue weighted by Gasteiger charge is -2.06. The predicted octanol–water partition coefficient (Wildman–Crippen LogP) is 0.379. The van der Waals surface area contributed by atoms with Crippen LogP contribution in [-0.4, -0.2) is 43.3 Å². The number of benzene rings is 1. The van der Waals surface area contributed by atoms with Crippen LogP contribution in [0.2, 0.25) is 0 Å². The fraction of sp³-hybridized carbons (Fsp3) is 0.167. The SMILES string of the molecule is COc1cccc(NC(=O)CSc2nnc3n(N)cnn23)c1. The molecule has 3 N–H and O–H groups in total. The number of hydrogen-bond acceptors (Lipinski definition) is 7. The minimum absolute atomic E-state index is 0.165. The fourth-order valence-electron chi connectivity index (χ4n) is 1.80. The van der Waals surface area contributed by atoms with Crippen LogP contribution < -0.4 is 15.9 Å². The number of nitrogens with one attached hydrogen (secondary N) is 1. The van der Waals surface area contributed by atoms with Crippen molar-refractivity contribution in [2.75, 3.05) is 24.0 Å². The highest BCUT2D eigenvalue weighted by atomic mass is 32.2. The van der Waals surface area contributed by atoms with Gasteiger partial charge < -0.3 is 15.9 Å². The van der Waals surface area contributed by atoms with Gasteiger partial charge in [-0.25, -0.2) is 4.68 Å². The summed E-state index contributed by atoms with van der Waals surface area (Å²) in [6.07, 6.45) is 1.42. The van der Waals surface area contributed by atoms with Crippen molar-refractivity contribution in [3.8, 4) is 5.75 Å². The molecule has 0 spiro atoms. The molecular weight excluding hydrogens is 306 g/mol. The molecule has 2 heterocycles. The van der Waals surface area contributed by atoms with Gasteiger partial charge >= 0.3 is 0 Å². The number of methoxy groups -OCH3 is 1. The van der Waals surface area contributed by atoms with Gasteiger partial charge in [-0.05, 0) is 12.1 Å². The van der Waals surface area contributed by atoms with E-state index in [2.05, 4.69) is 20.6 Å². The lowest BCUT2D eigenvalue weighted by atomic mass is 10.3. The van der Waals surface area contributed by atoms with Gasteiger partial charge in [0.25, 0.3) is 5.78 Å². The molecule has 0 aliphatic rings. The summed E-state index contributed by atoms with van der Waals surface area (Å²) in [6, 6.07) is 7.14. The van der Waals surface area contributed by atoms with Crippen molar-refractivity contribution in [2.24, 2.45) is 0 Å². The number of rotatable bonds is 5. The Morgan fingerprint density at radius 1 is 1.45 bits per heavy atom. The van der Waals surface area contributed by atoms with Crippen molar-refractivity contribution in [3.05, 3.63) is 30.6 Å². The van der Waals surface area contributed by atoms with Crippen LogP contribution in [0.25, 0.3) is 5.78 Å². The van der Waals surface area contributed by atoms with Gasteiger partial charge in [-0.3, -0.25) is 4.79 Å². The average Bonchev–Trinajstić information content (AvgIpc) is 3.09. The summed E-state index contributed by atoms with van der Waals surface area (Å²) >= 11 is 1.22. The third-order valence-corrected chi connectivity index (χ3v) is 3.72.